The number of fused-ring (bicyclic) bond motifs is 1. The Morgan fingerprint density at radius 2 is 1.70 bits per heavy atom. The molecule has 0 fully saturated rings. The quantitative estimate of drug-likeness (QED) is 0.799. The lowest BCUT2D eigenvalue weighted by atomic mass is 10.1. The van der Waals surface area contributed by atoms with E-state index in [-0.39, 0.29) is 11.9 Å². The highest BCUT2D eigenvalue weighted by molar-refractivity contribution is 5.97. The van der Waals surface area contributed by atoms with E-state index in [2.05, 4.69) is 22.5 Å². The van der Waals surface area contributed by atoms with Crippen LogP contribution >= 0.6 is 0 Å². The van der Waals surface area contributed by atoms with Gasteiger partial charge in [-0.05, 0) is 18.4 Å². The van der Waals surface area contributed by atoms with Gasteiger partial charge in [0.15, 0.2) is 0 Å². The Morgan fingerprint density at radius 1 is 1.00 bits per heavy atom. The third-order valence-corrected chi connectivity index (χ3v) is 4.20. The molecule has 0 aliphatic carbocycles. The van der Waals surface area contributed by atoms with Crippen molar-refractivity contribution in [3.05, 3.63) is 72.3 Å². The normalized spacial score (nSPS) is 16.2. The minimum atomic E-state index is -0.234. The van der Waals surface area contributed by atoms with Gasteiger partial charge in [0.25, 0.3) is 0 Å². The van der Waals surface area contributed by atoms with Crippen molar-refractivity contribution >= 4 is 11.7 Å². The van der Waals surface area contributed by atoms with Crippen LogP contribution in [0.15, 0.2) is 66.7 Å². The predicted molar refractivity (Wildman–Crippen MR) is 90.1 cm³/mol. The fourth-order valence-electron chi connectivity index (χ4n) is 3.00. The van der Waals surface area contributed by atoms with Gasteiger partial charge < -0.3 is 5.32 Å². The zero-order valence-electron chi connectivity index (χ0n) is 12.6. The molecular formula is C19H17N3O. The molecule has 3 aromatic rings. The Kier molecular flexibility index (Phi) is 3.42. The van der Waals surface area contributed by atoms with Gasteiger partial charge in [0.2, 0.25) is 5.91 Å². The van der Waals surface area contributed by atoms with Gasteiger partial charge in [-0.15, -0.1) is 0 Å². The summed E-state index contributed by atoms with van der Waals surface area (Å²) in [4.78, 5) is 12.2. The van der Waals surface area contributed by atoms with E-state index in [1.54, 1.807) is 0 Å². The van der Waals surface area contributed by atoms with Gasteiger partial charge >= 0.3 is 0 Å². The van der Waals surface area contributed by atoms with Crippen LogP contribution in [-0.4, -0.2) is 15.7 Å². The summed E-state index contributed by atoms with van der Waals surface area (Å²) in [5.74, 6) is 0.815. The second-order valence-corrected chi connectivity index (χ2v) is 5.75. The first-order valence-corrected chi connectivity index (χ1v) is 7.81. The Bertz CT molecular complexity index is 824. The Labute approximate surface area is 134 Å². The van der Waals surface area contributed by atoms with E-state index in [1.807, 2.05) is 59.3 Å². The number of hydrogen-bond acceptors (Lipinski definition) is 2. The van der Waals surface area contributed by atoms with Crippen molar-refractivity contribution in [2.24, 2.45) is 0 Å². The second-order valence-electron chi connectivity index (χ2n) is 5.75. The minimum absolute atomic E-state index is 0.0306. The van der Waals surface area contributed by atoms with E-state index >= 15 is 0 Å². The largest absolute Gasteiger partial charge is 0.309 e. The van der Waals surface area contributed by atoms with Crippen LogP contribution in [-0.2, 0) is 11.2 Å². The molecule has 2 heterocycles. The molecule has 1 atom stereocenters. The number of amides is 1. The number of aryl methyl sites for hydroxylation is 1. The summed E-state index contributed by atoms with van der Waals surface area (Å²) in [6.07, 6.45) is 1.61. The molecule has 4 heteroatoms. The van der Waals surface area contributed by atoms with E-state index in [9.17, 15) is 4.79 Å². The van der Waals surface area contributed by atoms with E-state index < -0.39 is 0 Å². The van der Waals surface area contributed by atoms with Gasteiger partial charge in [0.1, 0.15) is 11.9 Å². The van der Waals surface area contributed by atoms with Gasteiger partial charge in [0.05, 0.1) is 5.69 Å². The molecule has 1 amide bonds. The molecule has 1 aliphatic heterocycles. The Balaban J connectivity index is 1.57. The average Bonchev–Trinajstić information content (AvgIpc) is 3.12. The van der Waals surface area contributed by atoms with Crippen LogP contribution in [0.5, 0.6) is 0 Å². The molecule has 1 aromatic heterocycles. The molecule has 0 saturated heterocycles. The first-order valence-electron chi connectivity index (χ1n) is 7.81. The molecular weight excluding hydrogens is 286 g/mol. The summed E-state index contributed by atoms with van der Waals surface area (Å²) < 4.78 is 1.83. The summed E-state index contributed by atoms with van der Waals surface area (Å²) in [5.41, 5.74) is 3.19. The number of nitrogens with one attached hydrogen (secondary N) is 1. The van der Waals surface area contributed by atoms with Crippen molar-refractivity contribution in [2.75, 3.05) is 5.32 Å². The molecule has 4 nitrogen and oxygen atoms in total. The van der Waals surface area contributed by atoms with E-state index in [0.29, 0.717) is 0 Å². The lowest BCUT2D eigenvalue weighted by molar-refractivity contribution is -0.118. The molecule has 0 saturated carbocycles. The summed E-state index contributed by atoms with van der Waals surface area (Å²) in [6.45, 7) is 0. The van der Waals surface area contributed by atoms with Crippen molar-refractivity contribution < 1.29 is 4.79 Å². The Morgan fingerprint density at radius 3 is 2.43 bits per heavy atom. The highest BCUT2D eigenvalue weighted by Gasteiger charge is 2.31. The minimum Gasteiger partial charge on any atom is -0.309 e. The van der Waals surface area contributed by atoms with Gasteiger partial charge in [-0.3, -0.25) is 4.79 Å². The Hall–Kier alpha value is -2.88. The third-order valence-electron chi connectivity index (χ3n) is 4.20. The van der Waals surface area contributed by atoms with Gasteiger partial charge in [-0.2, -0.15) is 5.10 Å². The number of benzene rings is 2. The summed E-state index contributed by atoms with van der Waals surface area (Å²) in [7, 11) is 0. The maximum absolute atomic E-state index is 12.2. The maximum atomic E-state index is 12.2. The predicted octanol–water partition coefficient (Wildman–Crippen LogP) is 3.68. The summed E-state index contributed by atoms with van der Waals surface area (Å²) in [5, 5.41) is 7.57. The van der Waals surface area contributed by atoms with Crippen molar-refractivity contribution in [2.45, 2.75) is 18.9 Å². The molecule has 0 radical (unpaired) electrons. The first-order chi connectivity index (χ1) is 11.3. The molecule has 23 heavy (non-hydrogen) atoms. The third kappa shape index (κ3) is 2.63. The fourth-order valence-corrected chi connectivity index (χ4v) is 3.00. The number of nitrogens with zero attached hydrogens (tertiary/aromatic N) is 2. The fraction of sp³-hybridized carbons (Fsp3) is 0.158. The highest BCUT2D eigenvalue weighted by Crippen LogP contribution is 2.31. The van der Waals surface area contributed by atoms with Gasteiger partial charge in [-0.25, -0.2) is 4.68 Å². The lowest BCUT2D eigenvalue weighted by Gasteiger charge is -2.09. The monoisotopic (exact) mass is 303 g/mol. The average molecular weight is 303 g/mol. The second kappa shape index (κ2) is 5.72. The standard InChI is InChI=1S/C19H17N3O/c23-19-17(12-11-14-7-3-1-4-8-14)22-18(20-19)13-16(21-22)15-9-5-2-6-10-15/h1-10,13,17H,11-12H2,(H,20,23). The molecule has 2 aromatic carbocycles. The lowest BCUT2D eigenvalue weighted by Crippen LogP contribution is -2.17. The number of rotatable bonds is 4. The van der Waals surface area contributed by atoms with Gasteiger partial charge in [0, 0.05) is 11.6 Å². The molecule has 4 rings (SSSR count). The van der Waals surface area contributed by atoms with E-state index in [1.165, 1.54) is 5.56 Å². The SMILES string of the molecule is O=C1Nc2cc(-c3ccccc3)nn2C1CCc1ccccc1. The van der Waals surface area contributed by atoms with E-state index in [4.69, 9.17) is 0 Å². The van der Waals surface area contributed by atoms with Crippen LogP contribution in [0, 0.1) is 0 Å². The number of carbonyl (C=O) groups is 1. The topological polar surface area (TPSA) is 46.9 Å². The van der Waals surface area contributed by atoms with Crippen LogP contribution < -0.4 is 5.32 Å². The number of aromatic nitrogens is 2. The van der Waals surface area contributed by atoms with Crippen LogP contribution in [0.3, 0.4) is 0 Å². The number of carbonyl (C=O) groups excluding carboxylic acids is 1. The van der Waals surface area contributed by atoms with E-state index in [0.717, 1.165) is 29.9 Å². The molecule has 0 bridgehead atoms. The first kappa shape index (κ1) is 13.8. The number of anilines is 1. The summed E-state index contributed by atoms with van der Waals surface area (Å²) >= 11 is 0. The molecule has 1 unspecified atom stereocenters. The van der Waals surface area contributed by atoms with Crippen LogP contribution in [0.25, 0.3) is 11.3 Å². The molecule has 0 spiro atoms. The molecule has 1 N–H and O–H groups in total. The van der Waals surface area contributed by atoms with Crippen molar-refractivity contribution in [3.63, 3.8) is 0 Å². The molecule has 1 aliphatic rings. The van der Waals surface area contributed by atoms with Crippen LogP contribution in [0.1, 0.15) is 18.0 Å². The van der Waals surface area contributed by atoms with Crippen molar-refractivity contribution in [1.82, 2.24) is 9.78 Å². The zero-order chi connectivity index (χ0) is 15.6. The van der Waals surface area contributed by atoms with Crippen molar-refractivity contribution in [1.29, 1.82) is 0 Å². The smallest absolute Gasteiger partial charge is 0.250 e. The number of hydrogen-bond donors (Lipinski definition) is 1. The summed E-state index contributed by atoms with van der Waals surface area (Å²) in [6, 6.07) is 22.0. The zero-order valence-corrected chi connectivity index (χ0v) is 12.6. The maximum Gasteiger partial charge on any atom is 0.250 e. The van der Waals surface area contributed by atoms with Gasteiger partial charge in [-0.1, -0.05) is 60.7 Å². The highest BCUT2D eigenvalue weighted by atomic mass is 16.2. The van der Waals surface area contributed by atoms with Crippen molar-refractivity contribution in [3.8, 4) is 11.3 Å². The molecule has 114 valence electrons. The van der Waals surface area contributed by atoms with Crippen LogP contribution in [0.4, 0.5) is 5.82 Å². The van der Waals surface area contributed by atoms with Crippen LogP contribution in [0.2, 0.25) is 0 Å².